The summed E-state index contributed by atoms with van der Waals surface area (Å²) in [6, 6.07) is 14.4. The second-order valence-corrected chi connectivity index (χ2v) is 9.29. The Morgan fingerprint density at radius 1 is 1.22 bits per heavy atom. The van der Waals surface area contributed by atoms with Crippen LogP contribution in [0.2, 0.25) is 5.02 Å². The van der Waals surface area contributed by atoms with Gasteiger partial charge in [-0.2, -0.15) is 0 Å². The number of piperidine rings is 1. The number of anilines is 1. The first-order chi connectivity index (χ1) is 12.8. The van der Waals surface area contributed by atoms with Crippen LogP contribution in [0.3, 0.4) is 0 Å². The maximum atomic E-state index is 12.8. The van der Waals surface area contributed by atoms with Gasteiger partial charge in [0.2, 0.25) is 15.9 Å². The maximum Gasteiger partial charge on any atom is 0.228 e. The van der Waals surface area contributed by atoms with Gasteiger partial charge in [0, 0.05) is 23.8 Å². The number of aryl methyl sites for hydroxylation is 1. The molecule has 1 heterocycles. The van der Waals surface area contributed by atoms with Gasteiger partial charge >= 0.3 is 0 Å². The van der Waals surface area contributed by atoms with Gasteiger partial charge in [-0.15, -0.1) is 0 Å². The van der Waals surface area contributed by atoms with Crippen LogP contribution in [-0.4, -0.2) is 31.7 Å². The molecule has 0 aromatic heterocycles. The number of hydrogen-bond donors (Lipinski definition) is 1. The average molecular weight is 407 g/mol. The van der Waals surface area contributed by atoms with Crippen LogP contribution in [0.1, 0.15) is 24.0 Å². The number of rotatable bonds is 5. The van der Waals surface area contributed by atoms with Crippen LogP contribution in [0, 0.1) is 12.8 Å². The molecule has 1 saturated heterocycles. The molecule has 0 saturated carbocycles. The molecule has 1 atom stereocenters. The molecule has 1 aliphatic rings. The Labute approximate surface area is 165 Å². The highest BCUT2D eigenvalue weighted by molar-refractivity contribution is 7.88. The highest BCUT2D eigenvalue weighted by atomic mass is 35.5. The van der Waals surface area contributed by atoms with E-state index in [4.69, 9.17) is 11.6 Å². The second kappa shape index (κ2) is 8.42. The first-order valence-corrected chi connectivity index (χ1v) is 10.9. The van der Waals surface area contributed by atoms with E-state index >= 15 is 0 Å². The van der Waals surface area contributed by atoms with Crippen LogP contribution >= 0.6 is 11.6 Å². The van der Waals surface area contributed by atoms with E-state index in [1.165, 1.54) is 4.31 Å². The van der Waals surface area contributed by atoms with E-state index in [0.29, 0.717) is 30.1 Å². The number of amides is 1. The van der Waals surface area contributed by atoms with Gasteiger partial charge < -0.3 is 5.32 Å². The molecular formula is C20H23ClN2O3S. The summed E-state index contributed by atoms with van der Waals surface area (Å²) in [7, 11) is -3.46. The minimum Gasteiger partial charge on any atom is -0.326 e. The Hall–Kier alpha value is -1.89. The summed E-state index contributed by atoms with van der Waals surface area (Å²) in [4.78, 5) is 12.7. The first-order valence-electron chi connectivity index (χ1n) is 8.94. The number of carbonyl (C=O) groups is 1. The fourth-order valence-corrected chi connectivity index (χ4v) is 5.03. The SMILES string of the molecule is Cc1ccc(Cl)cc1NC(=O)[C@H]1CCCN(S(=O)(=O)Cc2ccccc2)C1. The van der Waals surface area contributed by atoms with Gasteiger partial charge in [0.15, 0.2) is 0 Å². The Morgan fingerprint density at radius 3 is 2.70 bits per heavy atom. The lowest BCUT2D eigenvalue weighted by molar-refractivity contribution is -0.120. The summed E-state index contributed by atoms with van der Waals surface area (Å²) in [5.41, 5.74) is 2.33. The number of nitrogens with zero attached hydrogens (tertiary/aromatic N) is 1. The van der Waals surface area contributed by atoms with Crippen molar-refractivity contribution in [3.05, 3.63) is 64.7 Å². The molecule has 0 spiro atoms. The summed E-state index contributed by atoms with van der Waals surface area (Å²) in [6.07, 6.45) is 1.34. The molecule has 2 aromatic carbocycles. The van der Waals surface area contributed by atoms with Crippen molar-refractivity contribution in [1.29, 1.82) is 0 Å². The summed E-state index contributed by atoms with van der Waals surface area (Å²) >= 11 is 6.01. The minimum absolute atomic E-state index is 0.0461. The third kappa shape index (κ3) is 5.09. The van der Waals surface area contributed by atoms with E-state index in [-0.39, 0.29) is 24.1 Å². The van der Waals surface area contributed by atoms with Crippen molar-refractivity contribution in [1.82, 2.24) is 4.31 Å². The molecular weight excluding hydrogens is 384 g/mol. The molecule has 7 heteroatoms. The molecule has 1 amide bonds. The Bertz CT molecular complexity index is 916. The van der Waals surface area contributed by atoms with E-state index in [1.807, 2.05) is 31.2 Å². The maximum absolute atomic E-state index is 12.8. The summed E-state index contributed by atoms with van der Waals surface area (Å²) in [5, 5.41) is 3.45. The summed E-state index contributed by atoms with van der Waals surface area (Å²) < 4.78 is 27.0. The van der Waals surface area contributed by atoms with Gasteiger partial charge in [0.1, 0.15) is 0 Å². The van der Waals surface area contributed by atoms with Gasteiger partial charge in [-0.05, 0) is 43.0 Å². The lowest BCUT2D eigenvalue weighted by atomic mass is 9.98. The summed E-state index contributed by atoms with van der Waals surface area (Å²) in [5.74, 6) is -0.585. The fraction of sp³-hybridized carbons (Fsp3) is 0.350. The molecule has 0 aliphatic carbocycles. The first kappa shape index (κ1) is 19.9. The third-order valence-corrected chi connectivity index (χ3v) is 6.85. The van der Waals surface area contributed by atoms with Crippen LogP contribution in [0.5, 0.6) is 0 Å². The largest absolute Gasteiger partial charge is 0.326 e. The molecule has 1 N–H and O–H groups in total. The van der Waals surface area contributed by atoms with Crippen molar-refractivity contribution >= 4 is 33.2 Å². The molecule has 0 unspecified atom stereocenters. The lowest BCUT2D eigenvalue weighted by Crippen LogP contribution is -2.44. The molecule has 3 rings (SSSR count). The zero-order valence-corrected chi connectivity index (χ0v) is 16.8. The highest BCUT2D eigenvalue weighted by Crippen LogP contribution is 2.25. The Kier molecular flexibility index (Phi) is 6.19. The average Bonchev–Trinajstić information content (AvgIpc) is 2.65. The number of carbonyl (C=O) groups excluding carboxylic acids is 1. The van der Waals surface area contributed by atoms with E-state index < -0.39 is 10.0 Å². The third-order valence-electron chi connectivity index (χ3n) is 4.80. The van der Waals surface area contributed by atoms with Gasteiger partial charge in [-0.25, -0.2) is 12.7 Å². The highest BCUT2D eigenvalue weighted by Gasteiger charge is 2.32. The smallest absolute Gasteiger partial charge is 0.228 e. The molecule has 0 radical (unpaired) electrons. The van der Waals surface area contributed by atoms with Crippen LogP contribution < -0.4 is 5.32 Å². The number of hydrogen-bond acceptors (Lipinski definition) is 3. The topological polar surface area (TPSA) is 66.5 Å². The predicted molar refractivity (Wildman–Crippen MR) is 108 cm³/mol. The van der Waals surface area contributed by atoms with E-state index in [9.17, 15) is 13.2 Å². The summed E-state index contributed by atoms with van der Waals surface area (Å²) in [6.45, 7) is 2.55. The molecule has 1 fully saturated rings. The lowest BCUT2D eigenvalue weighted by Gasteiger charge is -2.31. The Balaban J connectivity index is 1.68. The zero-order chi connectivity index (χ0) is 19.4. The van der Waals surface area contributed by atoms with Crippen LogP contribution in [0.4, 0.5) is 5.69 Å². The number of benzene rings is 2. The number of nitrogens with one attached hydrogen (secondary N) is 1. The van der Waals surface area contributed by atoms with E-state index in [1.54, 1.807) is 24.3 Å². The van der Waals surface area contributed by atoms with Crippen LogP contribution in [0.25, 0.3) is 0 Å². The quantitative estimate of drug-likeness (QED) is 0.820. The van der Waals surface area contributed by atoms with Crippen LogP contribution in [-0.2, 0) is 20.6 Å². The monoisotopic (exact) mass is 406 g/mol. The van der Waals surface area contributed by atoms with Crippen molar-refractivity contribution in [3.63, 3.8) is 0 Å². The Morgan fingerprint density at radius 2 is 1.96 bits per heavy atom. The van der Waals surface area contributed by atoms with Crippen molar-refractivity contribution in [2.24, 2.45) is 5.92 Å². The number of sulfonamides is 1. The van der Waals surface area contributed by atoms with Crippen molar-refractivity contribution in [2.45, 2.75) is 25.5 Å². The zero-order valence-electron chi connectivity index (χ0n) is 15.2. The van der Waals surface area contributed by atoms with Gasteiger partial charge in [-0.3, -0.25) is 4.79 Å². The second-order valence-electron chi connectivity index (χ2n) is 6.89. The van der Waals surface area contributed by atoms with Crippen molar-refractivity contribution in [2.75, 3.05) is 18.4 Å². The van der Waals surface area contributed by atoms with Gasteiger partial charge in [-0.1, -0.05) is 48.0 Å². The van der Waals surface area contributed by atoms with Crippen LogP contribution in [0.15, 0.2) is 48.5 Å². The standard InChI is InChI=1S/C20H23ClN2O3S/c1-15-9-10-18(21)12-19(15)22-20(24)17-8-5-11-23(13-17)27(25,26)14-16-6-3-2-4-7-16/h2-4,6-7,9-10,12,17H,5,8,11,13-14H2,1H3,(H,22,24)/t17-/m0/s1. The van der Waals surface area contributed by atoms with Crippen molar-refractivity contribution in [3.8, 4) is 0 Å². The molecule has 27 heavy (non-hydrogen) atoms. The normalized spacial score (nSPS) is 18.2. The molecule has 1 aliphatic heterocycles. The molecule has 144 valence electrons. The predicted octanol–water partition coefficient (Wildman–Crippen LogP) is 3.83. The molecule has 0 bridgehead atoms. The van der Waals surface area contributed by atoms with E-state index in [2.05, 4.69) is 5.32 Å². The van der Waals surface area contributed by atoms with E-state index in [0.717, 1.165) is 11.1 Å². The van der Waals surface area contributed by atoms with Gasteiger partial charge in [0.05, 0.1) is 11.7 Å². The molecule has 2 aromatic rings. The molecule has 5 nitrogen and oxygen atoms in total. The van der Waals surface area contributed by atoms with Gasteiger partial charge in [0.25, 0.3) is 0 Å². The minimum atomic E-state index is -3.46. The fourth-order valence-electron chi connectivity index (χ4n) is 3.25. The van der Waals surface area contributed by atoms with Crippen molar-refractivity contribution < 1.29 is 13.2 Å². The number of halogens is 1.